The van der Waals surface area contributed by atoms with E-state index in [1.807, 2.05) is 45.2 Å². The Morgan fingerprint density at radius 2 is 1.02 bits per heavy atom. The maximum Gasteiger partial charge on any atom is 0.599 e. The van der Waals surface area contributed by atoms with Crippen LogP contribution in [0.1, 0.15) is 112 Å². The third-order valence-electron chi connectivity index (χ3n) is 8.44. The zero-order chi connectivity index (χ0) is 37.3. The Labute approximate surface area is 313 Å². The Morgan fingerprint density at radius 1 is 0.627 bits per heavy atom. The smallest absolute Gasteiger partial charge is 0.528 e. The molecular weight excluding hydrogens is 646 g/mol. The van der Waals surface area contributed by atoms with Crippen molar-refractivity contribution in [3.05, 3.63) is 36.6 Å². The van der Waals surface area contributed by atoms with E-state index in [2.05, 4.69) is 89.7 Å². The maximum atomic E-state index is 11.3. The van der Waals surface area contributed by atoms with Crippen LogP contribution in [0.4, 0.5) is 0 Å². The number of nitrogens with zero attached hydrogens (tertiary/aromatic N) is 1. The summed E-state index contributed by atoms with van der Waals surface area (Å²) in [6.45, 7) is 35.4. The quantitative estimate of drug-likeness (QED) is 0.281. The molecule has 1 aromatic carbocycles. The van der Waals surface area contributed by atoms with Gasteiger partial charge < -0.3 is 37.2 Å². The van der Waals surface area contributed by atoms with E-state index in [-0.39, 0.29) is 71.2 Å². The third kappa shape index (κ3) is 15.8. The van der Waals surface area contributed by atoms with Crippen molar-refractivity contribution >= 4 is 34.4 Å². The minimum atomic E-state index is -0.497. The van der Waals surface area contributed by atoms with Crippen LogP contribution in [0.5, 0.6) is 11.5 Å². The average molecular weight is 717 g/mol. The molecule has 14 heteroatoms. The lowest BCUT2D eigenvalue weighted by atomic mass is 9.72. The van der Waals surface area contributed by atoms with Crippen LogP contribution in [0.25, 0.3) is 0 Å². The number of carbonyl (C=O) groups is 1. The molecule has 0 aliphatic carbocycles. The maximum absolute atomic E-state index is 11.3. The highest BCUT2D eigenvalue weighted by Gasteiger charge is 2.51. The molecule has 0 spiro atoms. The summed E-state index contributed by atoms with van der Waals surface area (Å²) >= 11 is 0. The minimum absolute atomic E-state index is 0. The van der Waals surface area contributed by atoms with Crippen molar-refractivity contribution < 1.29 is 42.0 Å². The first-order chi connectivity index (χ1) is 22.5. The molecule has 1 aromatic rings. The standard InChI is InChI=1S/C9H16BNO3.C9H11BO2.C9H19BO2.C8H17BO2.2CH4/c1-7(2)10-13-8(3)5-11(4)6-9(12)14-10;1-7(2)10-11-8-5-3-4-6-9(8)12-10;1-7(2)10-11-8(3,4)9(5,6)12-10;1-7(2)9-10-5-8(3,4)6-11-9;;/h7H,3,5-6H2,1-2,4H3;3-7H,1-2H3;7H,1-6H3;7H,5-6H2,1-4H3;2*1H4. The van der Waals surface area contributed by atoms with Crippen LogP contribution in [-0.4, -0.2) is 83.9 Å². The number of hydrogen-bond acceptors (Lipinski definition) is 10. The van der Waals surface area contributed by atoms with Crippen molar-refractivity contribution in [3.8, 4) is 11.5 Å². The van der Waals surface area contributed by atoms with Gasteiger partial charge in [0.15, 0.2) is 0 Å². The first-order valence-corrected chi connectivity index (χ1v) is 17.8. The second kappa shape index (κ2) is 21.0. The van der Waals surface area contributed by atoms with E-state index in [0.29, 0.717) is 29.8 Å². The Bertz CT molecular complexity index is 1130. The van der Waals surface area contributed by atoms with Crippen LogP contribution >= 0.6 is 0 Å². The molecule has 0 amide bonds. The molecule has 290 valence electrons. The Kier molecular flexibility index (Phi) is 20.1. The summed E-state index contributed by atoms with van der Waals surface area (Å²) in [7, 11) is 1.19. The van der Waals surface area contributed by atoms with Crippen molar-refractivity contribution in [2.45, 2.75) is 146 Å². The number of fused-ring (bicyclic) bond motifs is 1. The average Bonchev–Trinajstić information content (AvgIpc) is 3.50. The van der Waals surface area contributed by atoms with Crippen LogP contribution in [0.3, 0.4) is 0 Å². The molecule has 0 saturated carbocycles. The van der Waals surface area contributed by atoms with Gasteiger partial charge in [-0.15, -0.1) is 0 Å². The summed E-state index contributed by atoms with van der Waals surface area (Å²) in [5.41, 5.74) is -0.157. The molecule has 4 aliphatic heterocycles. The number of benzene rings is 1. The van der Waals surface area contributed by atoms with Crippen LogP contribution < -0.4 is 9.31 Å². The molecule has 4 aliphatic rings. The molecular formula is C37H71B4NO9. The summed E-state index contributed by atoms with van der Waals surface area (Å²) in [5, 5.41) is 0. The zero-order valence-electron chi connectivity index (χ0n) is 33.1. The molecule has 0 bridgehead atoms. The van der Waals surface area contributed by atoms with Gasteiger partial charge in [-0.25, -0.2) is 0 Å². The fourth-order valence-electron chi connectivity index (χ4n) is 4.68. The predicted octanol–water partition coefficient (Wildman–Crippen LogP) is 8.98. The Hall–Kier alpha value is -2.11. The van der Waals surface area contributed by atoms with Crippen molar-refractivity contribution in [1.29, 1.82) is 0 Å². The zero-order valence-corrected chi connectivity index (χ0v) is 33.1. The number of para-hydroxylation sites is 2. The highest BCUT2D eigenvalue weighted by atomic mass is 16.7. The van der Waals surface area contributed by atoms with E-state index in [1.54, 1.807) is 4.90 Å². The number of hydrogen-bond donors (Lipinski definition) is 0. The first-order valence-electron chi connectivity index (χ1n) is 17.8. The van der Waals surface area contributed by atoms with Gasteiger partial charge in [-0.2, -0.15) is 0 Å². The van der Waals surface area contributed by atoms with E-state index in [0.717, 1.165) is 24.7 Å². The van der Waals surface area contributed by atoms with Gasteiger partial charge in [-0.3, -0.25) is 9.69 Å². The summed E-state index contributed by atoms with van der Waals surface area (Å²) in [6.07, 6.45) is 0. The van der Waals surface area contributed by atoms with E-state index in [9.17, 15) is 4.79 Å². The van der Waals surface area contributed by atoms with E-state index >= 15 is 0 Å². The molecule has 10 nitrogen and oxygen atoms in total. The van der Waals surface area contributed by atoms with Gasteiger partial charge in [0.2, 0.25) is 0 Å². The largest absolute Gasteiger partial charge is 0.599 e. The van der Waals surface area contributed by atoms with Gasteiger partial charge >= 0.3 is 34.4 Å². The van der Waals surface area contributed by atoms with Gasteiger partial charge in [-0.1, -0.05) is 103 Å². The Morgan fingerprint density at radius 3 is 1.39 bits per heavy atom. The predicted molar refractivity (Wildman–Crippen MR) is 214 cm³/mol. The van der Waals surface area contributed by atoms with Crippen molar-refractivity contribution in [3.63, 3.8) is 0 Å². The van der Waals surface area contributed by atoms with Gasteiger partial charge in [0.05, 0.1) is 30.1 Å². The van der Waals surface area contributed by atoms with Gasteiger partial charge in [0.25, 0.3) is 0 Å². The molecule has 51 heavy (non-hydrogen) atoms. The summed E-state index contributed by atoms with van der Waals surface area (Å²) in [4.78, 5) is 13.1. The van der Waals surface area contributed by atoms with Crippen molar-refractivity contribution in [2.24, 2.45) is 5.41 Å². The topological polar surface area (TPSA) is 94.2 Å². The van der Waals surface area contributed by atoms with E-state index in [1.165, 1.54) is 0 Å². The Balaban J connectivity index is 0.000000647. The van der Waals surface area contributed by atoms with E-state index in [4.69, 9.17) is 37.2 Å². The SMILES string of the molecule is C.C.C=C1CN(C)CC(=O)OB(C(C)C)O1.CC(C)B1OC(C)(C)C(C)(C)O1.CC(C)B1OCC(C)(C)CO1.CC(C)B1Oc2ccccc2O1. The molecule has 4 heterocycles. The number of likely N-dealkylation sites (N-methyl/N-ethyl adjacent to an activating group) is 1. The summed E-state index contributed by atoms with van der Waals surface area (Å²) in [5.74, 6) is 3.51. The van der Waals surface area contributed by atoms with Crippen LogP contribution in [-0.2, 0) is 32.7 Å². The minimum Gasteiger partial charge on any atom is -0.528 e. The summed E-state index contributed by atoms with van der Waals surface area (Å²) in [6, 6.07) is 7.76. The molecule has 5 rings (SSSR count). The van der Waals surface area contributed by atoms with Crippen molar-refractivity contribution in [2.75, 3.05) is 33.4 Å². The van der Waals surface area contributed by atoms with Crippen LogP contribution in [0, 0.1) is 5.41 Å². The number of rotatable bonds is 4. The van der Waals surface area contributed by atoms with Gasteiger partial charge in [0.1, 0.15) is 11.5 Å². The first kappa shape index (κ1) is 48.9. The normalized spacial score (nSPS) is 20.4. The molecule has 0 N–H and O–H groups in total. The fourth-order valence-corrected chi connectivity index (χ4v) is 4.68. The van der Waals surface area contributed by atoms with E-state index < -0.39 is 7.12 Å². The molecule has 0 unspecified atom stereocenters. The molecule has 0 aromatic heterocycles. The van der Waals surface area contributed by atoms with Crippen molar-refractivity contribution in [1.82, 2.24) is 4.90 Å². The molecule has 3 fully saturated rings. The highest BCUT2D eigenvalue weighted by molar-refractivity contribution is 6.49. The van der Waals surface area contributed by atoms with Gasteiger partial charge in [0, 0.05) is 30.3 Å². The van der Waals surface area contributed by atoms with Crippen LogP contribution in [0.2, 0.25) is 23.3 Å². The van der Waals surface area contributed by atoms with Gasteiger partial charge in [-0.05, 0) is 58.5 Å². The monoisotopic (exact) mass is 718 g/mol. The summed E-state index contributed by atoms with van der Waals surface area (Å²) < 4.78 is 44.3. The molecule has 3 saturated heterocycles. The third-order valence-corrected chi connectivity index (χ3v) is 8.44. The lowest BCUT2D eigenvalue weighted by molar-refractivity contribution is -0.137. The number of carbonyl (C=O) groups excluding carboxylic acids is 1. The second-order valence-electron chi connectivity index (χ2n) is 16.5. The lowest BCUT2D eigenvalue weighted by Crippen LogP contribution is -2.41. The lowest BCUT2D eigenvalue weighted by Gasteiger charge is -2.34. The fraction of sp³-hybridized carbons (Fsp3) is 0.757. The highest BCUT2D eigenvalue weighted by Crippen LogP contribution is 2.39. The molecule has 0 atom stereocenters. The molecule has 0 radical (unpaired) electrons. The second-order valence-corrected chi connectivity index (χ2v) is 16.5. The van der Waals surface area contributed by atoms with Crippen LogP contribution in [0.15, 0.2) is 36.6 Å².